The van der Waals surface area contributed by atoms with Crippen molar-refractivity contribution in [3.05, 3.63) is 88.7 Å². The third-order valence-electron chi connectivity index (χ3n) is 7.06. The first-order chi connectivity index (χ1) is 19.9. The van der Waals surface area contributed by atoms with E-state index in [1.165, 1.54) is 31.5 Å². The number of hydrogen-bond donors (Lipinski definition) is 1. The molecule has 0 atom stereocenters. The summed E-state index contributed by atoms with van der Waals surface area (Å²) in [5, 5.41) is 12.4. The number of nitrogens with zero attached hydrogens (tertiary/aromatic N) is 4. The normalized spacial score (nSPS) is 12.5. The Bertz CT molecular complexity index is 1560. The molecule has 2 heterocycles. The van der Waals surface area contributed by atoms with Crippen LogP contribution in [-0.2, 0) is 17.8 Å². The second-order valence-corrected chi connectivity index (χ2v) is 10.8. The number of aryl methyl sites for hydroxylation is 3. The van der Waals surface area contributed by atoms with Crippen molar-refractivity contribution in [2.45, 2.75) is 38.4 Å². The fourth-order valence-corrected chi connectivity index (χ4v) is 5.75. The Morgan fingerprint density at radius 2 is 1.71 bits per heavy atom. The fourth-order valence-electron chi connectivity index (χ4n) is 4.91. The van der Waals surface area contributed by atoms with Crippen LogP contribution in [0.2, 0.25) is 0 Å². The van der Waals surface area contributed by atoms with E-state index in [-0.39, 0.29) is 24.1 Å². The van der Waals surface area contributed by atoms with E-state index in [0.29, 0.717) is 34.6 Å². The summed E-state index contributed by atoms with van der Waals surface area (Å²) in [5.41, 5.74) is 5.59. The lowest BCUT2D eigenvalue weighted by molar-refractivity contribution is -0.116. The summed E-state index contributed by atoms with van der Waals surface area (Å²) in [6.45, 7) is 4.87. The Hall–Kier alpha value is -4.31. The molecule has 212 valence electrons. The van der Waals surface area contributed by atoms with Crippen LogP contribution in [-0.4, -0.2) is 53.1 Å². The summed E-state index contributed by atoms with van der Waals surface area (Å²) >= 11 is 1.35. The third kappa shape index (κ3) is 6.22. The molecule has 0 saturated heterocycles. The van der Waals surface area contributed by atoms with Gasteiger partial charge in [-0.1, -0.05) is 42.1 Å². The van der Waals surface area contributed by atoms with Crippen molar-refractivity contribution >= 4 is 29.3 Å². The first-order valence-electron chi connectivity index (χ1n) is 13.4. The van der Waals surface area contributed by atoms with Crippen molar-refractivity contribution in [1.82, 2.24) is 20.1 Å². The van der Waals surface area contributed by atoms with Crippen LogP contribution in [0, 0.1) is 13.8 Å². The topological polar surface area (TPSA) is 98.6 Å². The maximum atomic E-state index is 13.4. The number of para-hydroxylation sites is 1. The van der Waals surface area contributed by atoms with Crippen LogP contribution in [0.15, 0.2) is 65.8 Å². The largest absolute Gasteiger partial charge is 0.497 e. The molecule has 0 radical (unpaired) electrons. The average molecular weight is 572 g/mol. The number of nitrogens with one attached hydrogen (secondary N) is 1. The number of hydrogen-bond acceptors (Lipinski definition) is 7. The Labute approximate surface area is 243 Å². The number of carbonyl (C=O) groups is 2. The van der Waals surface area contributed by atoms with Gasteiger partial charge in [0.2, 0.25) is 5.91 Å². The number of aromatic nitrogens is 3. The second-order valence-electron chi connectivity index (χ2n) is 9.87. The summed E-state index contributed by atoms with van der Waals surface area (Å²) in [4.78, 5) is 28.3. The van der Waals surface area contributed by atoms with E-state index in [2.05, 4.69) is 27.6 Å². The Balaban J connectivity index is 1.39. The van der Waals surface area contributed by atoms with Gasteiger partial charge in [0.1, 0.15) is 11.5 Å². The summed E-state index contributed by atoms with van der Waals surface area (Å²) in [6, 6.07) is 19.2. The first-order valence-corrected chi connectivity index (χ1v) is 14.4. The molecule has 4 aromatic rings. The monoisotopic (exact) mass is 571 g/mol. The molecule has 10 heteroatoms. The molecule has 1 aliphatic rings. The van der Waals surface area contributed by atoms with Gasteiger partial charge in [-0.15, -0.1) is 10.2 Å². The van der Waals surface area contributed by atoms with E-state index >= 15 is 0 Å². The van der Waals surface area contributed by atoms with Gasteiger partial charge in [-0.2, -0.15) is 0 Å². The molecule has 3 aromatic carbocycles. The number of rotatable bonds is 9. The van der Waals surface area contributed by atoms with Crippen LogP contribution in [0.25, 0.3) is 5.69 Å². The zero-order chi connectivity index (χ0) is 28.9. The van der Waals surface area contributed by atoms with Crippen molar-refractivity contribution in [3.8, 4) is 17.2 Å². The van der Waals surface area contributed by atoms with Crippen LogP contribution < -0.4 is 19.7 Å². The van der Waals surface area contributed by atoms with E-state index in [9.17, 15) is 9.59 Å². The molecule has 1 N–H and O–H groups in total. The average Bonchev–Trinajstić information content (AvgIpc) is 3.41. The molecule has 5 rings (SSSR count). The highest BCUT2D eigenvalue weighted by Gasteiger charge is 2.24. The van der Waals surface area contributed by atoms with Crippen LogP contribution in [0.4, 0.5) is 5.69 Å². The zero-order valence-electron chi connectivity index (χ0n) is 23.6. The molecule has 9 nitrogen and oxygen atoms in total. The Morgan fingerprint density at radius 3 is 2.46 bits per heavy atom. The van der Waals surface area contributed by atoms with Crippen molar-refractivity contribution in [3.63, 3.8) is 0 Å². The highest BCUT2D eigenvalue weighted by Crippen LogP contribution is 2.30. The second kappa shape index (κ2) is 12.5. The minimum atomic E-state index is -0.300. The SMILES string of the molecule is COc1cc(OC)cc(C(=O)NCc2nnc(SCC(=O)N3CCCc4ccccc43)n2-c2cc(C)ccc2C)c1. The van der Waals surface area contributed by atoms with E-state index in [4.69, 9.17) is 9.47 Å². The lowest BCUT2D eigenvalue weighted by Gasteiger charge is -2.29. The fraction of sp³-hybridized carbons (Fsp3) is 0.290. The quantitative estimate of drug-likeness (QED) is 0.285. The van der Waals surface area contributed by atoms with E-state index in [1.54, 1.807) is 18.2 Å². The molecule has 0 aliphatic carbocycles. The van der Waals surface area contributed by atoms with Gasteiger partial charge in [0.05, 0.1) is 32.2 Å². The van der Waals surface area contributed by atoms with Crippen molar-refractivity contribution in [2.24, 2.45) is 0 Å². The van der Waals surface area contributed by atoms with Gasteiger partial charge in [0.25, 0.3) is 5.91 Å². The van der Waals surface area contributed by atoms with Gasteiger partial charge >= 0.3 is 0 Å². The van der Waals surface area contributed by atoms with Gasteiger partial charge in [-0.25, -0.2) is 0 Å². The summed E-state index contributed by atoms with van der Waals surface area (Å²) < 4.78 is 12.5. The van der Waals surface area contributed by atoms with Gasteiger partial charge in [0, 0.05) is 23.9 Å². The molecule has 1 aliphatic heterocycles. The Kier molecular flexibility index (Phi) is 8.58. The lowest BCUT2D eigenvalue weighted by Crippen LogP contribution is -2.36. The molecule has 2 amide bonds. The molecule has 0 bridgehead atoms. The molecular weight excluding hydrogens is 538 g/mol. The van der Waals surface area contributed by atoms with Crippen molar-refractivity contribution < 1.29 is 19.1 Å². The van der Waals surface area contributed by atoms with Crippen LogP contribution >= 0.6 is 11.8 Å². The number of anilines is 1. The molecular formula is C31H33N5O4S. The lowest BCUT2D eigenvalue weighted by atomic mass is 10.0. The molecule has 0 fully saturated rings. The van der Waals surface area contributed by atoms with Crippen molar-refractivity contribution in [1.29, 1.82) is 0 Å². The summed E-state index contributed by atoms with van der Waals surface area (Å²) in [5.74, 6) is 1.54. The molecule has 1 aromatic heterocycles. The predicted molar refractivity (Wildman–Crippen MR) is 159 cm³/mol. The summed E-state index contributed by atoms with van der Waals surface area (Å²) in [6.07, 6.45) is 1.92. The van der Waals surface area contributed by atoms with E-state index in [0.717, 1.165) is 35.3 Å². The van der Waals surface area contributed by atoms with Crippen LogP contribution in [0.5, 0.6) is 11.5 Å². The van der Waals surface area contributed by atoms with Gasteiger partial charge < -0.3 is 19.7 Å². The zero-order valence-corrected chi connectivity index (χ0v) is 24.5. The van der Waals surface area contributed by atoms with Gasteiger partial charge in [-0.05, 0) is 67.6 Å². The number of methoxy groups -OCH3 is 2. The maximum Gasteiger partial charge on any atom is 0.251 e. The molecule has 0 unspecified atom stereocenters. The first kappa shape index (κ1) is 28.2. The van der Waals surface area contributed by atoms with Crippen molar-refractivity contribution in [2.75, 3.05) is 31.4 Å². The molecule has 41 heavy (non-hydrogen) atoms. The van der Waals surface area contributed by atoms with Gasteiger partial charge in [-0.3, -0.25) is 14.2 Å². The number of amides is 2. The molecule has 0 spiro atoms. The standard InChI is InChI=1S/C31H33N5O4S/c1-20-11-12-21(2)27(14-20)36-28(18-32-30(38)23-15-24(39-3)17-25(16-23)40-4)33-34-31(36)41-19-29(37)35-13-7-9-22-8-5-6-10-26(22)35/h5-6,8,10-12,14-17H,7,9,13,18-19H2,1-4H3,(H,32,38). The predicted octanol–water partition coefficient (Wildman–Crippen LogP) is 4.90. The number of carbonyl (C=O) groups excluding carboxylic acids is 2. The summed E-state index contributed by atoms with van der Waals surface area (Å²) in [7, 11) is 3.08. The van der Waals surface area contributed by atoms with E-state index < -0.39 is 0 Å². The maximum absolute atomic E-state index is 13.4. The number of ether oxygens (including phenoxy) is 2. The van der Waals surface area contributed by atoms with Crippen LogP contribution in [0.3, 0.4) is 0 Å². The van der Waals surface area contributed by atoms with Gasteiger partial charge in [0.15, 0.2) is 11.0 Å². The van der Waals surface area contributed by atoms with E-state index in [1.807, 2.05) is 53.6 Å². The Morgan fingerprint density at radius 1 is 0.951 bits per heavy atom. The van der Waals surface area contributed by atoms with Crippen LogP contribution in [0.1, 0.15) is 39.3 Å². The number of benzene rings is 3. The third-order valence-corrected chi connectivity index (χ3v) is 7.98. The minimum Gasteiger partial charge on any atom is -0.497 e. The highest BCUT2D eigenvalue weighted by atomic mass is 32.2. The number of thioether (sulfide) groups is 1. The smallest absolute Gasteiger partial charge is 0.251 e. The molecule has 0 saturated carbocycles. The highest BCUT2D eigenvalue weighted by molar-refractivity contribution is 7.99. The number of fused-ring (bicyclic) bond motifs is 1. The minimum absolute atomic E-state index is 0.0273.